The summed E-state index contributed by atoms with van der Waals surface area (Å²) in [5, 5.41) is 10.5. The Morgan fingerprint density at radius 2 is 2.10 bits per heavy atom. The fourth-order valence-electron chi connectivity index (χ4n) is 1.41. The van der Waals surface area contributed by atoms with Crippen LogP contribution in [0.2, 0.25) is 0 Å². The Morgan fingerprint density at radius 1 is 1.45 bits per heavy atom. The second kappa shape index (κ2) is 6.69. The van der Waals surface area contributed by atoms with E-state index in [0.29, 0.717) is 11.3 Å². The van der Waals surface area contributed by atoms with Crippen molar-refractivity contribution < 1.29 is 18.8 Å². The third-order valence-electron chi connectivity index (χ3n) is 2.12. The van der Waals surface area contributed by atoms with Crippen LogP contribution in [0, 0.1) is 15.9 Å². The molecule has 0 N–H and O–H groups in total. The van der Waals surface area contributed by atoms with E-state index in [9.17, 15) is 19.3 Å². The number of nitro groups is 1. The van der Waals surface area contributed by atoms with Gasteiger partial charge in [-0.3, -0.25) is 14.9 Å². The second-order valence-corrected chi connectivity index (χ2v) is 6.11. The molecule has 0 aromatic heterocycles. The Morgan fingerprint density at radius 3 is 2.60 bits per heavy atom. The van der Waals surface area contributed by atoms with Gasteiger partial charge in [0.25, 0.3) is 0 Å². The average Bonchev–Trinajstić information content (AvgIpc) is 2.25. The summed E-state index contributed by atoms with van der Waals surface area (Å²) in [5.74, 6) is -0.681. The van der Waals surface area contributed by atoms with Gasteiger partial charge in [0.05, 0.1) is 10.7 Å². The van der Waals surface area contributed by atoms with Gasteiger partial charge in [0.15, 0.2) is 0 Å². The van der Waals surface area contributed by atoms with E-state index in [4.69, 9.17) is 4.74 Å². The molecular formula is C13H16FNO4S. The number of nitro benzene ring substituents is 1. The van der Waals surface area contributed by atoms with Crippen molar-refractivity contribution in [2.75, 3.05) is 5.75 Å². The minimum Gasteiger partial charge on any atom is -0.459 e. The van der Waals surface area contributed by atoms with Crippen LogP contribution >= 0.6 is 11.8 Å². The predicted molar refractivity (Wildman–Crippen MR) is 75.1 cm³/mol. The summed E-state index contributed by atoms with van der Waals surface area (Å²) in [6.07, 6.45) is 0. The van der Waals surface area contributed by atoms with Crippen molar-refractivity contribution in [3.63, 3.8) is 0 Å². The van der Waals surface area contributed by atoms with Gasteiger partial charge in [-0.2, -0.15) is 4.39 Å². The molecule has 0 unspecified atom stereocenters. The van der Waals surface area contributed by atoms with Crippen molar-refractivity contribution in [3.05, 3.63) is 39.7 Å². The molecule has 0 fully saturated rings. The van der Waals surface area contributed by atoms with Crippen LogP contribution < -0.4 is 0 Å². The third kappa shape index (κ3) is 5.56. The second-order valence-electron chi connectivity index (χ2n) is 5.12. The topological polar surface area (TPSA) is 69.4 Å². The first-order valence-corrected chi connectivity index (χ1v) is 7.07. The summed E-state index contributed by atoms with van der Waals surface area (Å²) in [6.45, 7) is 5.34. The maximum Gasteiger partial charge on any atom is 0.316 e. The Balaban J connectivity index is 2.49. The monoisotopic (exact) mass is 301 g/mol. The zero-order valence-electron chi connectivity index (χ0n) is 11.5. The first-order chi connectivity index (χ1) is 9.19. The number of carbonyl (C=O) groups excluding carboxylic acids is 1. The van der Waals surface area contributed by atoms with Gasteiger partial charge in [-0.15, -0.1) is 11.8 Å². The number of hydrogen-bond donors (Lipinski definition) is 0. The molecule has 5 nitrogen and oxygen atoms in total. The van der Waals surface area contributed by atoms with Crippen LogP contribution in [0.3, 0.4) is 0 Å². The zero-order valence-corrected chi connectivity index (χ0v) is 12.3. The van der Waals surface area contributed by atoms with Crippen LogP contribution in [0.15, 0.2) is 18.2 Å². The molecule has 0 spiro atoms. The van der Waals surface area contributed by atoms with Gasteiger partial charge in [-0.05, 0) is 32.4 Å². The molecule has 0 bridgehead atoms. The van der Waals surface area contributed by atoms with Gasteiger partial charge in [0.2, 0.25) is 5.82 Å². The molecule has 0 aliphatic carbocycles. The molecule has 7 heteroatoms. The van der Waals surface area contributed by atoms with E-state index in [-0.39, 0.29) is 11.7 Å². The molecule has 0 saturated heterocycles. The quantitative estimate of drug-likeness (QED) is 0.474. The molecule has 0 saturated carbocycles. The molecule has 0 aliphatic rings. The van der Waals surface area contributed by atoms with Gasteiger partial charge in [-0.1, -0.05) is 6.07 Å². The van der Waals surface area contributed by atoms with Crippen LogP contribution in [0.25, 0.3) is 0 Å². The molecule has 1 rings (SSSR count). The first kappa shape index (κ1) is 16.4. The van der Waals surface area contributed by atoms with Crippen LogP contribution in [-0.2, 0) is 15.3 Å². The number of halogens is 1. The summed E-state index contributed by atoms with van der Waals surface area (Å²) >= 11 is 1.27. The van der Waals surface area contributed by atoms with Gasteiger partial charge >= 0.3 is 11.7 Å². The van der Waals surface area contributed by atoms with Crippen LogP contribution in [0.4, 0.5) is 10.1 Å². The molecule has 1 aromatic carbocycles. The number of hydrogen-bond acceptors (Lipinski definition) is 5. The minimum absolute atomic E-state index is 0.149. The number of benzene rings is 1. The van der Waals surface area contributed by atoms with Crippen LogP contribution in [0.1, 0.15) is 26.3 Å². The SMILES string of the molecule is CC(C)(C)OC(=O)CSCc1ccc([N+](=O)[O-])c(F)c1. The number of nitrogens with zero attached hydrogens (tertiary/aromatic N) is 1. The van der Waals surface area contributed by atoms with E-state index >= 15 is 0 Å². The fraction of sp³-hybridized carbons (Fsp3) is 0.462. The number of carbonyl (C=O) groups is 1. The van der Waals surface area contributed by atoms with Crippen LogP contribution in [0.5, 0.6) is 0 Å². The van der Waals surface area contributed by atoms with Gasteiger partial charge < -0.3 is 4.74 Å². The third-order valence-corrected chi connectivity index (χ3v) is 3.09. The summed E-state index contributed by atoms with van der Waals surface area (Å²) in [7, 11) is 0. The van der Waals surface area contributed by atoms with Crippen molar-refractivity contribution in [1.29, 1.82) is 0 Å². The molecule has 20 heavy (non-hydrogen) atoms. The Hall–Kier alpha value is -1.63. The predicted octanol–water partition coefficient (Wildman–Crippen LogP) is 3.31. The Kier molecular flexibility index (Phi) is 5.50. The normalized spacial score (nSPS) is 11.2. The highest BCUT2D eigenvalue weighted by molar-refractivity contribution is 7.99. The lowest BCUT2D eigenvalue weighted by Gasteiger charge is -2.19. The summed E-state index contributed by atoms with van der Waals surface area (Å²) < 4.78 is 18.5. The van der Waals surface area contributed by atoms with Crippen molar-refractivity contribution in [3.8, 4) is 0 Å². The van der Waals surface area contributed by atoms with Gasteiger partial charge in [0.1, 0.15) is 5.60 Å². The average molecular weight is 301 g/mol. The van der Waals surface area contributed by atoms with Crippen LogP contribution in [-0.4, -0.2) is 22.2 Å². The van der Waals surface area contributed by atoms with E-state index < -0.39 is 22.0 Å². The largest absolute Gasteiger partial charge is 0.459 e. The Bertz CT molecular complexity index is 514. The van der Waals surface area contributed by atoms with Crippen molar-refractivity contribution in [1.82, 2.24) is 0 Å². The van der Waals surface area contributed by atoms with E-state index in [2.05, 4.69) is 0 Å². The molecule has 110 valence electrons. The fourth-order valence-corrected chi connectivity index (χ4v) is 2.15. The molecule has 0 atom stereocenters. The Labute approximate surface area is 120 Å². The summed E-state index contributed by atoms with van der Waals surface area (Å²) in [4.78, 5) is 21.2. The van der Waals surface area contributed by atoms with Gasteiger partial charge in [0, 0.05) is 11.8 Å². The summed E-state index contributed by atoms with van der Waals surface area (Å²) in [6, 6.07) is 3.71. The highest BCUT2D eigenvalue weighted by Crippen LogP contribution is 2.21. The highest BCUT2D eigenvalue weighted by atomic mass is 32.2. The zero-order chi connectivity index (χ0) is 15.3. The minimum atomic E-state index is -0.870. The van der Waals surface area contributed by atoms with E-state index in [0.717, 1.165) is 12.1 Å². The highest BCUT2D eigenvalue weighted by Gasteiger charge is 2.17. The van der Waals surface area contributed by atoms with Crippen molar-refractivity contribution in [2.45, 2.75) is 32.1 Å². The molecule has 0 amide bonds. The summed E-state index contributed by atoms with van der Waals surface area (Å²) in [5.41, 5.74) is -0.496. The molecule has 0 aliphatic heterocycles. The first-order valence-electron chi connectivity index (χ1n) is 5.91. The molecule has 1 aromatic rings. The lowest BCUT2D eigenvalue weighted by Crippen LogP contribution is -2.24. The van der Waals surface area contributed by atoms with Gasteiger partial charge in [-0.25, -0.2) is 0 Å². The molecule has 0 radical (unpaired) electrons. The number of thioether (sulfide) groups is 1. The number of ether oxygens (including phenoxy) is 1. The lowest BCUT2D eigenvalue weighted by molar-refractivity contribution is -0.387. The molecule has 0 heterocycles. The van der Waals surface area contributed by atoms with Crippen molar-refractivity contribution >= 4 is 23.4 Å². The van der Waals surface area contributed by atoms with E-state index in [1.165, 1.54) is 17.8 Å². The maximum absolute atomic E-state index is 13.4. The molecular weight excluding hydrogens is 285 g/mol. The van der Waals surface area contributed by atoms with E-state index in [1.54, 1.807) is 20.8 Å². The lowest BCUT2D eigenvalue weighted by atomic mass is 10.2. The van der Waals surface area contributed by atoms with Crippen molar-refractivity contribution in [2.24, 2.45) is 0 Å². The number of rotatable bonds is 5. The smallest absolute Gasteiger partial charge is 0.316 e. The maximum atomic E-state index is 13.4. The standard InChI is InChI=1S/C13H16FNO4S/c1-13(2,3)19-12(16)8-20-7-9-4-5-11(15(17)18)10(14)6-9/h4-6H,7-8H2,1-3H3. The van der Waals surface area contributed by atoms with E-state index in [1.807, 2.05) is 0 Å². The number of esters is 1.